The van der Waals surface area contributed by atoms with Crippen molar-refractivity contribution in [3.8, 4) is 0 Å². The van der Waals surface area contributed by atoms with Crippen LogP contribution in [0.4, 0.5) is 10.1 Å². The molecule has 0 spiro atoms. The average molecular weight is 391 g/mol. The molecule has 4 nitrogen and oxygen atoms in total. The normalized spacial score (nSPS) is 17.0. The summed E-state index contributed by atoms with van der Waals surface area (Å²) < 4.78 is 41.5. The Labute approximate surface area is 151 Å². The second-order valence-corrected chi connectivity index (χ2v) is 7.72. The van der Waals surface area contributed by atoms with Gasteiger partial charge in [0.05, 0.1) is 0 Å². The molecule has 0 saturated heterocycles. The highest BCUT2D eigenvalue weighted by atomic mass is 35.5. The quantitative estimate of drug-likeness (QED) is 0.781. The van der Waals surface area contributed by atoms with Gasteiger partial charge in [-0.2, -0.15) is 0 Å². The molecule has 1 unspecified atom stereocenters. The lowest BCUT2D eigenvalue weighted by molar-refractivity contribution is 0.502. The summed E-state index contributed by atoms with van der Waals surface area (Å²) in [4.78, 5) is -0.437. The maximum atomic E-state index is 13.9. The molecule has 2 aromatic rings. The number of aryl methyl sites for hydroxylation is 1. The van der Waals surface area contributed by atoms with E-state index in [1.807, 2.05) is 12.1 Å². The van der Waals surface area contributed by atoms with Gasteiger partial charge in [0.2, 0.25) is 10.0 Å². The molecule has 8 heteroatoms. The summed E-state index contributed by atoms with van der Waals surface area (Å²) in [6, 6.07) is 8.50. The van der Waals surface area contributed by atoms with Gasteiger partial charge in [-0.05, 0) is 60.7 Å². The van der Waals surface area contributed by atoms with Crippen molar-refractivity contribution >= 4 is 39.7 Å². The zero-order valence-corrected chi connectivity index (χ0v) is 15.0. The molecular weight excluding hydrogens is 374 g/mol. The lowest BCUT2D eigenvalue weighted by Crippen LogP contribution is -2.31. The molecule has 0 amide bonds. The zero-order chi connectivity index (χ0) is 16.6. The van der Waals surface area contributed by atoms with Crippen molar-refractivity contribution in [2.24, 2.45) is 0 Å². The Hall–Kier alpha value is -1.34. The molecule has 0 aliphatic heterocycles. The molecule has 0 radical (unpaired) electrons. The second-order valence-electron chi connectivity index (χ2n) is 5.60. The third-order valence-corrected chi connectivity index (χ3v) is 5.68. The number of fused-ring (bicyclic) bond motifs is 1. The second kappa shape index (κ2) is 7.27. The van der Waals surface area contributed by atoms with E-state index in [9.17, 15) is 12.8 Å². The van der Waals surface area contributed by atoms with Crippen LogP contribution in [0.1, 0.15) is 30.0 Å². The summed E-state index contributed by atoms with van der Waals surface area (Å²) >= 11 is 5.79. The lowest BCUT2D eigenvalue weighted by Gasteiger charge is -2.26. The highest BCUT2D eigenvalue weighted by Crippen LogP contribution is 2.32. The fraction of sp³-hybridized carbons (Fsp3) is 0.250. The summed E-state index contributed by atoms with van der Waals surface area (Å²) in [6.45, 7) is 0. The molecular formula is C16H17Cl2FN2O2S. The van der Waals surface area contributed by atoms with Gasteiger partial charge < -0.3 is 5.73 Å². The van der Waals surface area contributed by atoms with Crippen LogP contribution in [0.5, 0.6) is 0 Å². The van der Waals surface area contributed by atoms with E-state index in [0.717, 1.165) is 36.1 Å². The van der Waals surface area contributed by atoms with Gasteiger partial charge in [-0.3, -0.25) is 0 Å². The average Bonchev–Trinajstić information content (AvgIpc) is 2.49. The monoisotopic (exact) mass is 390 g/mol. The van der Waals surface area contributed by atoms with E-state index in [-0.39, 0.29) is 17.4 Å². The molecule has 3 rings (SSSR count). The van der Waals surface area contributed by atoms with Gasteiger partial charge in [0.25, 0.3) is 0 Å². The first kappa shape index (κ1) is 19.0. The minimum atomic E-state index is -4.01. The molecule has 3 N–H and O–H groups in total. The van der Waals surface area contributed by atoms with E-state index in [0.29, 0.717) is 12.1 Å². The van der Waals surface area contributed by atoms with Crippen LogP contribution < -0.4 is 10.5 Å². The molecule has 0 saturated carbocycles. The molecule has 130 valence electrons. The molecule has 0 heterocycles. The van der Waals surface area contributed by atoms with E-state index in [1.165, 1.54) is 6.07 Å². The van der Waals surface area contributed by atoms with Crippen LogP contribution in [0, 0.1) is 5.82 Å². The van der Waals surface area contributed by atoms with Crippen molar-refractivity contribution in [1.29, 1.82) is 0 Å². The molecule has 0 bridgehead atoms. The number of anilines is 1. The van der Waals surface area contributed by atoms with Gasteiger partial charge in [-0.15, -0.1) is 12.4 Å². The van der Waals surface area contributed by atoms with Crippen LogP contribution in [-0.2, 0) is 16.4 Å². The number of hydrogen-bond acceptors (Lipinski definition) is 3. The first-order valence-electron chi connectivity index (χ1n) is 7.22. The summed E-state index contributed by atoms with van der Waals surface area (Å²) in [7, 11) is -4.01. The van der Waals surface area contributed by atoms with Crippen LogP contribution in [-0.4, -0.2) is 8.42 Å². The van der Waals surface area contributed by atoms with Crippen molar-refractivity contribution in [3.05, 3.63) is 58.4 Å². The van der Waals surface area contributed by atoms with Gasteiger partial charge in [-0.25, -0.2) is 17.5 Å². The number of hydrogen-bond donors (Lipinski definition) is 2. The van der Waals surface area contributed by atoms with E-state index >= 15 is 0 Å². The van der Waals surface area contributed by atoms with E-state index in [4.69, 9.17) is 17.3 Å². The molecule has 1 aliphatic rings. The third kappa shape index (κ3) is 3.83. The third-order valence-electron chi connectivity index (χ3n) is 3.96. The Morgan fingerprint density at radius 3 is 2.71 bits per heavy atom. The van der Waals surface area contributed by atoms with Gasteiger partial charge in [0.1, 0.15) is 10.7 Å². The standard InChI is InChI=1S/C16H16ClFN2O2S.ClH/c17-11-4-7-14(18)16(9-11)23(21,22)20-15-3-1-2-10-8-12(19)5-6-13(10)15;/h4-9,15,20H,1-3,19H2;1H. The number of nitrogens with two attached hydrogens (primary N) is 1. The molecule has 0 fully saturated rings. The van der Waals surface area contributed by atoms with Gasteiger partial charge in [0.15, 0.2) is 0 Å². The summed E-state index contributed by atoms with van der Waals surface area (Å²) in [5.41, 5.74) is 8.33. The van der Waals surface area contributed by atoms with Gasteiger partial charge in [0, 0.05) is 16.8 Å². The van der Waals surface area contributed by atoms with Crippen molar-refractivity contribution in [1.82, 2.24) is 4.72 Å². The van der Waals surface area contributed by atoms with E-state index < -0.39 is 26.8 Å². The predicted molar refractivity (Wildman–Crippen MR) is 95.5 cm³/mol. The molecule has 24 heavy (non-hydrogen) atoms. The number of benzene rings is 2. The summed E-state index contributed by atoms with van der Waals surface area (Å²) in [5, 5.41) is 0.170. The van der Waals surface area contributed by atoms with Crippen molar-refractivity contribution < 1.29 is 12.8 Å². The summed E-state index contributed by atoms with van der Waals surface area (Å²) in [5.74, 6) is -0.824. The first-order chi connectivity index (χ1) is 10.9. The van der Waals surface area contributed by atoms with Crippen LogP contribution in [0.25, 0.3) is 0 Å². The Balaban J connectivity index is 0.00000208. The Morgan fingerprint density at radius 1 is 1.21 bits per heavy atom. The fourth-order valence-corrected chi connectivity index (χ4v) is 4.48. The highest BCUT2D eigenvalue weighted by Gasteiger charge is 2.27. The maximum absolute atomic E-state index is 13.9. The largest absolute Gasteiger partial charge is 0.399 e. The summed E-state index contributed by atoms with van der Waals surface area (Å²) in [6.07, 6.45) is 2.34. The van der Waals surface area contributed by atoms with Crippen molar-refractivity contribution in [3.63, 3.8) is 0 Å². The Morgan fingerprint density at radius 2 is 1.96 bits per heavy atom. The maximum Gasteiger partial charge on any atom is 0.244 e. The van der Waals surface area contributed by atoms with Crippen molar-refractivity contribution in [2.45, 2.75) is 30.2 Å². The van der Waals surface area contributed by atoms with E-state index in [2.05, 4.69) is 4.72 Å². The predicted octanol–water partition coefficient (Wildman–Crippen LogP) is 3.84. The lowest BCUT2D eigenvalue weighted by atomic mass is 9.88. The molecule has 1 aliphatic carbocycles. The van der Waals surface area contributed by atoms with Gasteiger partial charge in [-0.1, -0.05) is 17.7 Å². The topological polar surface area (TPSA) is 72.2 Å². The van der Waals surface area contributed by atoms with E-state index in [1.54, 1.807) is 6.07 Å². The number of rotatable bonds is 3. The number of sulfonamides is 1. The first-order valence-corrected chi connectivity index (χ1v) is 9.08. The molecule has 1 atom stereocenters. The van der Waals surface area contributed by atoms with Crippen LogP contribution in [0.2, 0.25) is 5.02 Å². The smallest absolute Gasteiger partial charge is 0.244 e. The zero-order valence-electron chi connectivity index (χ0n) is 12.6. The van der Waals surface area contributed by atoms with Gasteiger partial charge >= 0.3 is 0 Å². The molecule has 2 aromatic carbocycles. The number of nitrogens with one attached hydrogen (secondary N) is 1. The Kier molecular flexibility index (Phi) is 5.75. The minimum absolute atomic E-state index is 0. The molecule has 0 aromatic heterocycles. The van der Waals surface area contributed by atoms with Crippen LogP contribution >= 0.6 is 24.0 Å². The highest BCUT2D eigenvalue weighted by molar-refractivity contribution is 7.89. The fourth-order valence-electron chi connectivity index (χ4n) is 2.89. The minimum Gasteiger partial charge on any atom is -0.399 e. The SMILES string of the molecule is Cl.Nc1ccc2c(c1)CCCC2NS(=O)(=O)c1cc(Cl)ccc1F. The van der Waals surface area contributed by atoms with Crippen molar-refractivity contribution in [2.75, 3.05) is 5.73 Å². The van der Waals surface area contributed by atoms with Crippen LogP contribution in [0.15, 0.2) is 41.3 Å². The van der Waals surface area contributed by atoms with Crippen LogP contribution in [0.3, 0.4) is 0 Å². The number of halogens is 3. The Bertz CT molecular complexity index is 859. The number of nitrogen functional groups attached to an aromatic ring is 1.